The lowest BCUT2D eigenvalue weighted by Gasteiger charge is -2.40. The van der Waals surface area contributed by atoms with Crippen molar-refractivity contribution in [2.45, 2.75) is 13.3 Å². The highest BCUT2D eigenvalue weighted by Crippen LogP contribution is 2.25. The van der Waals surface area contributed by atoms with Gasteiger partial charge in [0.2, 0.25) is 0 Å². The fourth-order valence-corrected chi connectivity index (χ4v) is 2.09. The van der Waals surface area contributed by atoms with Crippen LogP contribution in [0.25, 0.3) is 0 Å². The topological polar surface area (TPSA) is 41.5 Å². The number of ether oxygens (including phenoxy) is 1. The molecule has 3 nitrogen and oxygen atoms in total. The Balaban J connectivity index is 1.73. The Morgan fingerprint density at radius 1 is 1.44 bits per heavy atom. The van der Waals surface area contributed by atoms with Crippen LogP contribution in [0.1, 0.15) is 11.1 Å². The zero-order valence-corrected chi connectivity index (χ0v) is 10.7. The van der Waals surface area contributed by atoms with Crippen LogP contribution in [0.2, 0.25) is 0 Å². The van der Waals surface area contributed by atoms with Crippen LogP contribution in [-0.4, -0.2) is 38.0 Å². The second kappa shape index (κ2) is 5.78. The number of halogens is 1. The van der Waals surface area contributed by atoms with Crippen LogP contribution in [-0.2, 0) is 11.2 Å². The average molecular weight is 253 g/mol. The van der Waals surface area contributed by atoms with E-state index in [1.165, 1.54) is 6.07 Å². The van der Waals surface area contributed by atoms with Crippen LogP contribution < -0.4 is 5.32 Å². The van der Waals surface area contributed by atoms with Gasteiger partial charge >= 0.3 is 0 Å². The zero-order valence-electron chi connectivity index (χ0n) is 10.7. The molecule has 0 atom stereocenters. The summed E-state index contributed by atoms with van der Waals surface area (Å²) in [6.45, 7) is 4.79. The first kappa shape index (κ1) is 13.5. The monoisotopic (exact) mass is 253 g/mol. The van der Waals surface area contributed by atoms with E-state index in [9.17, 15) is 9.50 Å². The molecule has 0 radical (unpaired) electrons. The lowest BCUT2D eigenvalue weighted by molar-refractivity contribution is -0.134. The van der Waals surface area contributed by atoms with Crippen LogP contribution in [0.3, 0.4) is 0 Å². The number of aliphatic hydroxyl groups is 1. The Kier molecular flexibility index (Phi) is 4.32. The first-order chi connectivity index (χ1) is 8.65. The molecule has 0 saturated carbocycles. The van der Waals surface area contributed by atoms with Crippen LogP contribution in [0.15, 0.2) is 18.2 Å². The van der Waals surface area contributed by atoms with E-state index in [1.54, 1.807) is 6.92 Å². The molecule has 0 spiro atoms. The number of benzene rings is 1. The van der Waals surface area contributed by atoms with Gasteiger partial charge in [0.1, 0.15) is 5.82 Å². The van der Waals surface area contributed by atoms with E-state index < -0.39 is 0 Å². The van der Waals surface area contributed by atoms with Crippen LogP contribution in [0, 0.1) is 18.2 Å². The molecule has 1 aromatic rings. The fraction of sp³-hybridized carbons (Fsp3) is 0.571. The van der Waals surface area contributed by atoms with Gasteiger partial charge in [-0.05, 0) is 37.1 Å². The highest BCUT2D eigenvalue weighted by molar-refractivity contribution is 5.24. The molecule has 0 bridgehead atoms. The Hall–Kier alpha value is -0.970. The van der Waals surface area contributed by atoms with E-state index in [0.717, 1.165) is 25.1 Å². The van der Waals surface area contributed by atoms with E-state index in [2.05, 4.69) is 5.32 Å². The first-order valence-corrected chi connectivity index (χ1v) is 6.30. The van der Waals surface area contributed by atoms with Crippen LogP contribution >= 0.6 is 0 Å². The number of aliphatic hydroxyl groups excluding tert-OH is 1. The molecule has 0 amide bonds. The molecule has 2 rings (SSSR count). The molecule has 100 valence electrons. The van der Waals surface area contributed by atoms with Gasteiger partial charge in [0.25, 0.3) is 0 Å². The van der Waals surface area contributed by atoms with E-state index in [4.69, 9.17) is 4.74 Å². The maximum atomic E-state index is 13.1. The third kappa shape index (κ3) is 3.07. The second-order valence-electron chi connectivity index (χ2n) is 5.16. The van der Waals surface area contributed by atoms with Gasteiger partial charge < -0.3 is 15.2 Å². The van der Waals surface area contributed by atoms with Gasteiger partial charge in [-0.3, -0.25) is 0 Å². The maximum Gasteiger partial charge on any atom is 0.126 e. The number of aryl methyl sites for hydroxylation is 1. The summed E-state index contributed by atoms with van der Waals surface area (Å²) in [5, 5.41) is 12.6. The molecule has 1 saturated heterocycles. The van der Waals surface area contributed by atoms with Crippen molar-refractivity contribution in [3.05, 3.63) is 35.1 Å². The quantitative estimate of drug-likeness (QED) is 0.750. The largest absolute Gasteiger partial charge is 0.396 e. The summed E-state index contributed by atoms with van der Waals surface area (Å²) in [5.74, 6) is -0.155. The molecule has 1 aliphatic rings. The number of rotatable bonds is 6. The maximum absolute atomic E-state index is 13.1. The molecule has 1 fully saturated rings. The lowest BCUT2D eigenvalue weighted by Crippen LogP contribution is -2.52. The molecule has 0 aliphatic carbocycles. The SMILES string of the molecule is Cc1cc(CCNCC2(CO)COC2)ccc1F. The molecule has 2 N–H and O–H groups in total. The van der Waals surface area contributed by atoms with Crippen molar-refractivity contribution < 1.29 is 14.2 Å². The van der Waals surface area contributed by atoms with Gasteiger partial charge in [0, 0.05) is 6.54 Å². The summed E-state index contributed by atoms with van der Waals surface area (Å²) in [4.78, 5) is 0. The minimum atomic E-state index is -0.155. The molecule has 0 aromatic heterocycles. The van der Waals surface area contributed by atoms with Crippen LogP contribution in [0.5, 0.6) is 0 Å². The third-order valence-electron chi connectivity index (χ3n) is 3.46. The van der Waals surface area contributed by atoms with E-state index in [1.807, 2.05) is 12.1 Å². The van der Waals surface area contributed by atoms with Gasteiger partial charge in [-0.15, -0.1) is 0 Å². The van der Waals surface area contributed by atoms with Gasteiger partial charge in [0.15, 0.2) is 0 Å². The molecule has 4 heteroatoms. The van der Waals surface area contributed by atoms with Crippen molar-refractivity contribution in [1.82, 2.24) is 5.32 Å². The van der Waals surface area contributed by atoms with Crippen molar-refractivity contribution >= 4 is 0 Å². The number of hydrogen-bond donors (Lipinski definition) is 2. The molecular formula is C14H20FNO2. The average Bonchev–Trinajstić information content (AvgIpc) is 2.32. The first-order valence-electron chi connectivity index (χ1n) is 6.30. The molecule has 1 aliphatic heterocycles. The standard InChI is InChI=1S/C14H20FNO2/c1-11-6-12(2-3-13(11)15)4-5-16-7-14(8-17)9-18-10-14/h2-3,6,16-17H,4-5,7-10H2,1H3. The summed E-state index contributed by atoms with van der Waals surface area (Å²) < 4.78 is 18.2. The summed E-state index contributed by atoms with van der Waals surface area (Å²) >= 11 is 0. The van der Waals surface area contributed by atoms with Crippen molar-refractivity contribution in [3.63, 3.8) is 0 Å². The Morgan fingerprint density at radius 3 is 2.78 bits per heavy atom. The smallest absolute Gasteiger partial charge is 0.126 e. The van der Waals surface area contributed by atoms with E-state index in [-0.39, 0.29) is 17.8 Å². The number of hydrogen-bond acceptors (Lipinski definition) is 3. The van der Waals surface area contributed by atoms with Gasteiger partial charge in [0.05, 0.1) is 25.2 Å². The van der Waals surface area contributed by atoms with Gasteiger partial charge in [-0.2, -0.15) is 0 Å². The highest BCUT2D eigenvalue weighted by Gasteiger charge is 2.37. The van der Waals surface area contributed by atoms with Crippen LogP contribution in [0.4, 0.5) is 4.39 Å². The second-order valence-corrected chi connectivity index (χ2v) is 5.16. The lowest BCUT2D eigenvalue weighted by atomic mass is 9.87. The van der Waals surface area contributed by atoms with Crippen molar-refractivity contribution in [2.75, 3.05) is 32.9 Å². The Morgan fingerprint density at radius 2 is 2.22 bits per heavy atom. The Bertz CT molecular complexity index is 399. The predicted molar refractivity (Wildman–Crippen MR) is 68.0 cm³/mol. The highest BCUT2D eigenvalue weighted by atomic mass is 19.1. The fourth-order valence-electron chi connectivity index (χ4n) is 2.09. The van der Waals surface area contributed by atoms with Crippen molar-refractivity contribution in [3.8, 4) is 0 Å². The summed E-state index contributed by atoms with van der Waals surface area (Å²) in [7, 11) is 0. The van der Waals surface area contributed by atoms with Crippen molar-refractivity contribution in [2.24, 2.45) is 5.41 Å². The summed E-state index contributed by atoms with van der Waals surface area (Å²) in [6.07, 6.45) is 0.865. The van der Waals surface area contributed by atoms with E-state index >= 15 is 0 Å². The third-order valence-corrected chi connectivity index (χ3v) is 3.46. The Labute approximate surface area is 107 Å². The molecule has 18 heavy (non-hydrogen) atoms. The number of nitrogens with one attached hydrogen (secondary N) is 1. The zero-order chi connectivity index (χ0) is 13.0. The normalized spacial score (nSPS) is 17.5. The molecular weight excluding hydrogens is 233 g/mol. The molecule has 1 aromatic carbocycles. The van der Waals surface area contributed by atoms with E-state index in [0.29, 0.717) is 18.8 Å². The summed E-state index contributed by atoms with van der Waals surface area (Å²) in [6, 6.07) is 5.21. The van der Waals surface area contributed by atoms with Crippen molar-refractivity contribution in [1.29, 1.82) is 0 Å². The predicted octanol–water partition coefficient (Wildman–Crippen LogP) is 1.28. The minimum Gasteiger partial charge on any atom is -0.396 e. The van der Waals surface area contributed by atoms with Gasteiger partial charge in [-0.1, -0.05) is 12.1 Å². The minimum absolute atomic E-state index is 0.0846. The molecule has 1 heterocycles. The van der Waals surface area contributed by atoms with Gasteiger partial charge in [-0.25, -0.2) is 4.39 Å². The summed E-state index contributed by atoms with van der Waals surface area (Å²) in [5.41, 5.74) is 1.73. The molecule has 0 unspecified atom stereocenters.